The first-order chi connectivity index (χ1) is 6.56. The van der Waals surface area contributed by atoms with Gasteiger partial charge >= 0.3 is 0 Å². The van der Waals surface area contributed by atoms with E-state index in [1.807, 2.05) is 13.8 Å². The van der Waals surface area contributed by atoms with E-state index >= 15 is 0 Å². The minimum atomic E-state index is -0.0993. The Balaban J connectivity index is 3.07. The number of nitrogens with two attached hydrogens (primary N) is 1. The Kier molecular flexibility index (Phi) is 3.49. The predicted molar refractivity (Wildman–Crippen MR) is 55.8 cm³/mol. The quantitative estimate of drug-likeness (QED) is 0.685. The lowest BCUT2D eigenvalue weighted by Gasteiger charge is -2.19. The molecule has 0 aliphatic heterocycles. The van der Waals surface area contributed by atoms with Crippen molar-refractivity contribution in [2.24, 2.45) is 11.7 Å². The van der Waals surface area contributed by atoms with Crippen LogP contribution in [0.1, 0.15) is 31.0 Å². The molecule has 0 saturated heterocycles. The van der Waals surface area contributed by atoms with Gasteiger partial charge in [0, 0.05) is 6.04 Å². The van der Waals surface area contributed by atoms with Gasteiger partial charge in [0.15, 0.2) is 0 Å². The number of phenolic OH excluding ortho intramolecular Hbond substituents is 1. The van der Waals surface area contributed by atoms with Crippen molar-refractivity contribution in [3.8, 4) is 5.75 Å². The molecule has 4 N–H and O–H groups in total. The molecule has 0 fully saturated rings. The molecule has 1 aromatic carbocycles. The van der Waals surface area contributed by atoms with Gasteiger partial charge in [0.25, 0.3) is 0 Å². The Morgan fingerprint density at radius 3 is 2.50 bits per heavy atom. The molecule has 0 aliphatic rings. The minimum Gasteiger partial charge on any atom is -0.508 e. The first-order valence-corrected chi connectivity index (χ1v) is 4.74. The third-order valence-electron chi connectivity index (χ3n) is 2.37. The summed E-state index contributed by atoms with van der Waals surface area (Å²) < 4.78 is 0. The van der Waals surface area contributed by atoms with Crippen LogP contribution in [0.3, 0.4) is 0 Å². The number of hydrogen-bond acceptors (Lipinski definition) is 3. The summed E-state index contributed by atoms with van der Waals surface area (Å²) in [6, 6.07) is 4.82. The topological polar surface area (TPSA) is 66.5 Å². The molecule has 0 aliphatic carbocycles. The summed E-state index contributed by atoms with van der Waals surface area (Å²) in [4.78, 5) is 0. The molecule has 0 aromatic heterocycles. The van der Waals surface area contributed by atoms with Crippen molar-refractivity contribution >= 4 is 0 Å². The fourth-order valence-electron chi connectivity index (χ4n) is 1.41. The lowest BCUT2D eigenvalue weighted by atomic mass is 9.93. The van der Waals surface area contributed by atoms with Crippen LogP contribution in [0.15, 0.2) is 18.2 Å². The largest absolute Gasteiger partial charge is 0.508 e. The van der Waals surface area contributed by atoms with Gasteiger partial charge in [-0.15, -0.1) is 0 Å². The van der Waals surface area contributed by atoms with Gasteiger partial charge in [0.05, 0.1) is 6.61 Å². The molecule has 1 aromatic rings. The number of aromatic hydroxyl groups is 1. The molecule has 0 spiro atoms. The molecule has 0 heterocycles. The van der Waals surface area contributed by atoms with Gasteiger partial charge in [-0.05, 0) is 29.2 Å². The van der Waals surface area contributed by atoms with E-state index < -0.39 is 0 Å². The van der Waals surface area contributed by atoms with Gasteiger partial charge < -0.3 is 15.9 Å². The van der Waals surface area contributed by atoms with Crippen molar-refractivity contribution in [3.05, 3.63) is 29.3 Å². The summed E-state index contributed by atoms with van der Waals surface area (Å²) in [5.41, 5.74) is 7.57. The fraction of sp³-hybridized carbons (Fsp3) is 0.455. The third-order valence-corrected chi connectivity index (χ3v) is 2.37. The Morgan fingerprint density at radius 1 is 1.36 bits per heavy atom. The maximum Gasteiger partial charge on any atom is 0.115 e. The van der Waals surface area contributed by atoms with Crippen LogP contribution in [0.5, 0.6) is 5.75 Å². The molecule has 0 bridgehead atoms. The van der Waals surface area contributed by atoms with Crippen molar-refractivity contribution in [2.75, 3.05) is 0 Å². The van der Waals surface area contributed by atoms with Crippen molar-refractivity contribution in [3.63, 3.8) is 0 Å². The number of phenols is 1. The molecule has 78 valence electrons. The predicted octanol–water partition coefficient (Wildman–Crippen LogP) is 1.54. The maximum absolute atomic E-state index is 9.24. The molecule has 0 unspecified atom stereocenters. The van der Waals surface area contributed by atoms with Gasteiger partial charge in [0.2, 0.25) is 0 Å². The van der Waals surface area contributed by atoms with Gasteiger partial charge in [-0.2, -0.15) is 0 Å². The summed E-state index contributed by atoms with van der Waals surface area (Å²) in [5.74, 6) is 0.471. The molecule has 14 heavy (non-hydrogen) atoms. The Bertz CT molecular complexity index is 310. The number of rotatable bonds is 3. The first-order valence-electron chi connectivity index (χ1n) is 4.74. The molecule has 0 radical (unpaired) electrons. The zero-order valence-corrected chi connectivity index (χ0v) is 8.57. The van der Waals surface area contributed by atoms with E-state index in [0.717, 1.165) is 5.56 Å². The summed E-state index contributed by atoms with van der Waals surface area (Å²) in [6.45, 7) is 3.96. The monoisotopic (exact) mass is 195 g/mol. The van der Waals surface area contributed by atoms with Crippen molar-refractivity contribution in [2.45, 2.75) is 26.5 Å². The van der Waals surface area contributed by atoms with E-state index in [9.17, 15) is 5.11 Å². The highest BCUT2D eigenvalue weighted by molar-refractivity contribution is 5.36. The summed E-state index contributed by atoms with van der Waals surface area (Å²) in [6.07, 6.45) is 0. The third kappa shape index (κ3) is 2.25. The second kappa shape index (κ2) is 4.44. The van der Waals surface area contributed by atoms with Crippen LogP contribution >= 0.6 is 0 Å². The van der Waals surface area contributed by atoms with Gasteiger partial charge in [0.1, 0.15) is 5.75 Å². The standard InChI is InChI=1S/C11H17NO2/c1-7(2)11(12)10-4-3-9(14)5-8(10)6-13/h3-5,7,11,13-14H,6,12H2,1-2H3/t11-/m1/s1. The Morgan fingerprint density at radius 2 is 2.00 bits per heavy atom. The van der Waals surface area contributed by atoms with E-state index in [4.69, 9.17) is 10.8 Å². The van der Waals surface area contributed by atoms with E-state index in [0.29, 0.717) is 11.5 Å². The van der Waals surface area contributed by atoms with Crippen LogP contribution in [0.25, 0.3) is 0 Å². The van der Waals surface area contributed by atoms with Crippen LogP contribution in [0.2, 0.25) is 0 Å². The number of aliphatic hydroxyl groups is 1. The lowest BCUT2D eigenvalue weighted by molar-refractivity contribution is 0.278. The second-order valence-corrected chi connectivity index (χ2v) is 3.81. The molecule has 0 amide bonds. The van der Waals surface area contributed by atoms with Crippen molar-refractivity contribution < 1.29 is 10.2 Å². The van der Waals surface area contributed by atoms with Crippen LogP contribution in [0, 0.1) is 5.92 Å². The van der Waals surface area contributed by atoms with E-state index in [2.05, 4.69) is 0 Å². The minimum absolute atomic E-state index is 0.0931. The van der Waals surface area contributed by atoms with Gasteiger partial charge in [-0.1, -0.05) is 19.9 Å². The highest BCUT2D eigenvalue weighted by Crippen LogP contribution is 2.25. The van der Waals surface area contributed by atoms with E-state index in [-0.39, 0.29) is 18.4 Å². The normalized spacial score (nSPS) is 13.2. The number of aliphatic hydroxyl groups excluding tert-OH is 1. The smallest absolute Gasteiger partial charge is 0.115 e. The van der Waals surface area contributed by atoms with Crippen molar-refractivity contribution in [1.82, 2.24) is 0 Å². The zero-order valence-electron chi connectivity index (χ0n) is 8.57. The summed E-state index contributed by atoms with van der Waals surface area (Å²) >= 11 is 0. The zero-order chi connectivity index (χ0) is 10.7. The Hall–Kier alpha value is -1.06. The van der Waals surface area contributed by atoms with Crippen LogP contribution < -0.4 is 5.73 Å². The molecule has 3 heteroatoms. The number of benzene rings is 1. The first kappa shape index (κ1) is 11.0. The molecule has 1 atom stereocenters. The Labute approximate surface area is 84.2 Å². The summed E-state index contributed by atoms with van der Waals surface area (Å²) in [5, 5.41) is 18.3. The highest BCUT2D eigenvalue weighted by Gasteiger charge is 2.14. The lowest BCUT2D eigenvalue weighted by Crippen LogP contribution is -2.18. The van der Waals surface area contributed by atoms with E-state index in [1.54, 1.807) is 18.2 Å². The SMILES string of the molecule is CC(C)[C@@H](N)c1ccc(O)cc1CO. The van der Waals surface area contributed by atoms with E-state index in [1.165, 1.54) is 0 Å². The highest BCUT2D eigenvalue weighted by atomic mass is 16.3. The van der Waals surface area contributed by atoms with Gasteiger partial charge in [-0.25, -0.2) is 0 Å². The van der Waals surface area contributed by atoms with Gasteiger partial charge in [-0.3, -0.25) is 0 Å². The average molecular weight is 195 g/mol. The van der Waals surface area contributed by atoms with Crippen LogP contribution in [-0.2, 0) is 6.61 Å². The van der Waals surface area contributed by atoms with Crippen LogP contribution in [-0.4, -0.2) is 10.2 Å². The molecular formula is C11H17NO2. The fourth-order valence-corrected chi connectivity index (χ4v) is 1.41. The molecule has 1 rings (SSSR count). The average Bonchev–Trinajstić information content (AvgIpc) is 2.16. The maximum atomic E-state index is 9.24. The molecule has 3 nitrogen and oxygen atoms in total. The molecule has 0 saturated carbocycles. The number of hydrogen-bond donors (Lipinski definition) is 3. The summed E-state index contributed by atoms with van der Waals surface area (Å²) in [7, 11) is 0. The second-order valence-electron chi connectivity index (χ2n) is 3.81. The molecular weight excluding hydrogens is 178 g/mol. The van der Waals surface area contributed by atoms with Crippen LogP contribution in [0.4, 0.5) is 0 Å². The van der Waals surface area contributed by atoms with Crippen molar-refractivity contribution in [1.29, 1.82) is 0 Å².